The fourth-order valence-corrected chi connectivity index (χ4v) is 1.65. The topological polar surface area (TPSA) is 54.5 Å². The average Bonchev–Trinajstić information content (AvgIpc) is 2.44. The molecule has 0 atom stereocenters. The highest BCUT2D eigenvalue weighted by atomic mass is 16.5. The number of carbonyl (C=O) groups is 1. The number of hydrogen-bond acceptors (Lipinski definition) is 4. The maximum absolute atomic E-state index is 12.1. The molecule has 5 nitrogen and oxygen atoms in total. The van der Waals surface area contributed by atoms with Gasteiger partial charge in [0.25, 0.3) is 5.91 Å². The van der Waals surface area contributed by atoms with Crippen LogP contribution in [-0.4, -0.2) is 49.6 Å². The van der Waals surface area contributed by atoms with Crippen LogP contribution in [0, 0.1) is 0 Å². The Morgan fingerprint density at radius 2 is 2.32 bits per heavy atom. The van der Waals surface area contributed by atoms with E-state index in [4.69, 9.17) is 4.74 Å². The molecule has 5 heteroatoms. The van der Waals surface area contributed by atoms with Crippen LogP contribution in [0.1, 0.15) is 30.3 Å². The first-order valence-electron chi connectivity index (χ1n) is 6.63. The molecule has 1 aromatic heterocycles. The van der Waals surface area contributed by atoms with Gasteiger partial charge in [0.1, 0.15) is 5.69 Å². The highest BCUT2D eigenvalue weighted by molar-refractivity contribution is 5.92. The fourth-order valence-electron chi connectivity index (χ4n) is 1.65. The number of nitrogens with zero attached hydrogens (tertiary/aromatic N) is 2. The Kier molecular flexibility index (Phi) is 6.89. The summed E-state index contributed by atoms with van der Waals surface area (Å²) < 4.78 is 4.97. The summed E-state index contributed by atoms with van der Waals surface area (Å²) in [4.78, 5) is 18.0. The first kappa shape index (κ1) is 15.4. The van der Waals surface area contributed by atoms with Gasteiger partial charge in [0.05, 0.1) is 6.61 Å². The SMILES string of the molecule is CCCCN(C)C(=O)c1cc(NCCOC)ccn1. The zero-order valence-electron chi connectivity index (χ0n) is 12.0. The van der Waals surface area contributed by atoms with Gasteiger partial charge in [-0.3, -0.25) is 9.78 Å². The predicted octanol–water partition coefficient (Wildman–Crippen LogP) is 2.01. The lowest BCUT2D eigenvalue weighted by molar-refractivity contribution is 0.0787. The fraction of sp³-hybridized carbons (Fsp3) is 0.571. The number of carbonyl (C=O) groups excluding carboxylic acids is 1. The quantitative estimate of drug-likeness (QED) is 0.731. The van der Waals surface area contributed by atoms with E-state index < -0.39 is 0 Å². The summed E-state index contributed by atoms with van der Waals surface area (Å²) in [5.41, 5.74) is 1.36. The van der Waals surface area contributed by atoms with E-state index in [1.165, 1.54) is 0 Å². The lowest BCUT2D eigenvalue weighted by Gasteiger charge is -2.16. The van der Waals surface area contributed by atoms with Gasteiger partial charge in [-0.2, -0.15) is 0 Å². The van der Waals surface area contributed by atoms with E-state index in [2.05, 4.69) is 17.2 Å². The van der Waals surface area contributed by atoms with E-state index in [0.717, 1.165) is 25.1 Å². The van der Waals surface area contributed by atoms with Crippen molar-refractivity contribution in [1.29, 1.82) is 0 Å². The van der Waals surface area contributed by atoms with Gasteiger partial charge in [0, 0.05) is 39.1 Å². The Hall–Kier alpha value is -1.62. The largest absolute Gasteiger partial charge is 0.383 e. The lowest BCUT2D eigenvalue weighted by Crippen LogP contribution is -2.28. The van der Waals surface area contributed by atoms with Crippen LogP contribution >= 0.6 is 0 Å². The summed E-state index contributed by atoms with van der Waals surface area (Å²) in [5, 5.41) is 3.19. The minimum atomic E-state index is -0.0381. The Morgan fingerprint density at radius 1 is 1.53 bits per heavy atom. The van der Waals surface area contributed by atoms with Crippen molar-refractivity contribution in [3.05, 3.63) is 24.0 Å². The molecule has 19 heavy (non-hydrogen) atoms. The van der Waals surface area contributed by atoms with Crippen molar-refractivity contribution in [2.24, 2.45) is 0 Å². The van der Waals surface area contributed by atoms with Gasteiger partial charge in [-0.1, -0.05) is 13.3 Å². The normalized spacial score (nSPS) is 10.3. The van der Waals surface area contributed by atoms with Crippen molar-refractivity contribution >= 4 is 11.6 Å². The molecule has 0 aliphatic rings. The van der Waals surface area contributed by atoms with Gasteiger partial charge in [-0.15, -0.1) is 0 Å². The number of anilines is 1. The van der Waals surface area contributed by atoms with Crippen LogP contribution in [0.3, 0.4) is 0 Å². The molecular formula is C14H23N3O2. The molecule has 0 spiro atoms. The van der Waals surface area contributed by atoms with Gasteiger partial charge in [0.2, 0.25) is 0 Å². The summed E-state index contributed by atoms with van der Waals surface area (Å²) in [6.07, 6.45) is 3.73. The number of methoxy groups -OCH3 is 1. The van der Waals surface area contributed by atoms with Crippen LogP contribution in [-0.2, 0) is 4.74 Å². The van der Waals surface area contributed by atoms with Crippen molar-refractivity contribution in [1.82, 2.24) is 9.88 Å². The minimum Gasteiger partial charge on any atom is -0.383 e. The number of ether oxygens (including phenoxy) is 1. The molecule has 0 aliphatic carbocycles. The second-order valence-corrected chi connectivity index (χ2v) is 4.43. The van der Waals surface area contributed by atoms with Crippen LogP contribution in [0.25, 0.3) is 0 Å². The minimum absolute atomic E-state index is 0.0381. The molecular weight excluding hydrogens is 242 g/mol. The molecule has 0 saturated heterocycles. The summed E-state index contributed by atoms with van der Waals surface area (Å²) >= 11 is 0. The summed E-state index contributed by atoms with van der Waals surface area (Å²) in [6.45, 7) is 4.21. The Morgan fingerprint density at radius 3 is 3.00 bits per heavy atom. The Labute approximate surface area is 115 Å². The van der Waals surface area contributed by atoms with Crippen molar-refractivity contribution in [2.75, 3.05) is 39.2 Å². The van der Waals surface area contributed by atoms with Gasteiger partial charge in [-0.25, -0.2) is 0 Å². The Balaban J connectivity index is 2.61. The van der Waals surface area contributed by atoms with Crippen molar-refractivity contribution < 1.29 is 9.53 Å². The average molecular weight is 265 g/mol. The van der Waals surface area contributed by atoms with Gasteiger partial charge < -0.3 is 15.0 Å². The van der Waals surface area contributed by atoms with E-state index in [0.29, 0.717) is 18.8 Å². The third kappa shape index (κ3) is 5.26. The molecule has 1 N–H and O–H groups in total. The number of amides is 1. The van der Waals surface area contributed by atoms with Crippen molar-refractivity contribution in [3.8, 4) is 0 Å². The summed E-state index contributed by atoms with van der Waals surface area (Å²) in [6, 6.07) is 3.62. The maximum Gasteiger partial charge on any atom is 0.272 e. The number of rotatable bonds is 8. The monoisotopic (exact) mass is 265 g/mol. The molecule has 1 amide bonds. The van der Waals surface area contributed by atoms with Gasteiger partial charge >= 0.3 is 0 Å². The van der Waals surface area contributed by atoms with E-state index >= 15 is 0 Å². The number of nitrogens with one attached hydrogen (secondary N) is 1. The van der Waals surface area contributed by atoms with E-state index in [1.54, 1.807) is 24.3 Å². The first-order valence-corrected chi connectivity index (χ1v) is 6.63. The number of pyridine rings is 1. The Bertz CT molecular complexity index is 396. The van der Waals surface area contributed by atoms with Crippen molar-refractivity contribution in [3.63, 3.8) is 0 Å². The van der Waals surface area contributed by atoms with E-state index in [-0.39, 0.29) is 5.91 Å². The van der Waals surface area contributed by atoms with Crippen LogP contribution < -0.4 is 5.32 Å². The maximum atomic E-state index is 12.1. The van der Waals surface area contributed by atoms with Crippen LogP contribution in [0.5, 0.6) is 0 Å². The lowest BCUT2D eigenvalue weighted by atomic mass is 10.2. The third-order valence-electron chi connectivity index (χ3n) is 2.81. The van der Waals surface area contributed by atoms with E-state index in [9.17, 15) is 4.79 Å². The second-order valence-electron chi connectivity index (χ2n) is 4.43. The molecule has 0 aliphatic heterocycles. The zero-order valence-corrected chi connectivity index (χ0v) is 12.0. The molecule has 1 heterocycles. The standard InChI is InChI=1S/C14H23N3O2/c1-4-5-9-17(2)14(18)13-11-12(6-7-16-13)15-8-10-19-3/h6-7,11H,4-5,8-10H2,1-3H3,(H,15,16). The van der Waals surface area contributed by atoms with Gasteiger partial charge in [0.15, 0.2) is 0 Å². The van der Waals surface area contributed by atoms with E-state index in [1.807, 2.05) is 13.1 Å². The van der Waals surface area contributed by atoms with Crippen LogP contribution in [0.2, 0.25) is 0 Å². The molecule has 1 rings (SSSR count). The highest BCUT2D eigenvalue weighted by Gasteiger charge is 2.12. The van der Waals surface area contributed by atoms with Crippen LogP contribution in [0.15, 0.2) is 18.3 Å². The number of unbranched alkanes of at least 4 members (excludes halogenated alkanes) is 1. The molecule has 1 aromatic rings. The second kappa shape index (κ2) is 8.48. The first-order chi connectivity index (χ1) is 9.19. The molecule has 0 radical (unpaired) electrons. The molecule has 106 valence electrons. The third-order valence-corrected chi connectivity index (χ3v) is 2.81. The smallest absolute Gasteiger partial charge is 0.272 e. The zero-order chi connectivity index (χ0) is 14.1. The predicted molar refractivity (Wildman–Crippen MR) is 76.5 cm³/mol. The summed E-state index contributed by atoms with van der Waals surface area (Å²) in [7, 11) is 3.47. The number of hydrogen-bond donors (Lipinski definition) is 1. The number of aromatic nitrogens is 1. The van der Waals surface area contributed by atoms with Gasteiger partial charge in [-0.05, 0) is 18.6 Å². The van der Waals surface area contributed by atoms with Crippen LogP contribution in [0.4, 0.5) is 5.69 Å². The molecule has 0 bridgehead atoms. The molecule has 0 aromatic carbocycles. The molecule has 0 saturated carbocycles. The summed E-state index contributed by atoms with van der Waals surface area (Å²) in [5.74, 6) is -0.0381. The highest BCUT2D eigenvalue weighted by Crippen LogP contribution is 2.09. The molecule has 0 fully saturated rings. The molecule has 0 unspecified atom stereocenters. The van der Waals surface area contributed by atoms with Crippen molar-refractivity contribution in [2.45, 2.75) is 19.8 Å².